The normalized spacial score (nSPS) is 7.50. The molecule has 0 heterocycles. The van der Waals surface area contributed by atoms with Crippen LogP contribution in [0.15, 0.2) is 0 Å². The highest BCUT2D eigenvalue weighted by atomic mass is 15.4. The molecule has 4 N–H and O–H groups in total. The van der Waals surface area contributed by atoms with Crippen LogP contribution < -0.4 is 11.5 Å². The molecule has 0 radical (unpaired) electrons. The first-order valence-corrected chi connectivity index (χ1v) is 1.32. The summed E-state index contributed by atoms with van der Waals surface area (Å²) in [6.45, 7) is 1.19. The standard InChI is InChI=1S/C2H8N2/c3-1-2-4/h1-4H2/i3+1,4+1. The Kier molecular flexibility index (Phi) is 2.86. The molecule has 0 saturated carbocycles. The van der Waals surface area contributed by atoms with Crippen molar-refractivity contribution in [3.05, 3.63) is 0 Å². The molecule has 4 heavy (non-hydrogen) atoms. The number of nitrogens with two attached hydrogens (primary N) is 2. The van der Waals surface area contributed by atoms with Crippen molar-refractivity contribution >= 4 is 0 Å². The maximum atomic E-state index is 4.90. The van der Waals surface area contributed by atoms with E-state index in [2.05, 4.69) is 0 Å². The Morgan fingerprint density at radius 1 is 1.00 bits per heavy atom. The molecule has 0 atom stereocenters. The smallest absolute Gasteiger partial charge is 0.00461 e. The molecule has 0 aromatic heterocycles. The van der Waals surface area contributed by atoms with Gasteiger partial charge in [-0.1, -0.05) is 0 Å². The Balaban J connectivity index is 1.97. The van der Waals surface area contributed by atoms with Gasteiger partial charge in [0.15, 0.2) is 0 Å². The van der Waals surface area contributed by atoms with E-state index in [0.29, 0.717) is 13.1 Å². The molecular formula is C2H8N2. The fourth-order valence-electron chi connectivity index (χ4n) is 0. The van der Waals surface area contributed by atoms with E-state index in [1.54, 1.807) is 0 Å². The van der Waals surface area contributed by atoms with Gasteiger partial charge in [-0.25, -0.2) is 0 Å². The first-order valence-electron chi connectivity index (χ1n) is 1.32. The molecule has 0 rings (SSSR count). The minimum absolute atomic E-state index is 0.597. The molecule has 0 aliphatic carbocycles. The molecule has 0 spiro atoms. The molecule has 0 aliphatic heterocycles. The Morgan fingerprint density at radius 3 is 1.25 bits per heavy atom. The molecule has 0 amide bonds. The molecule has 0 saturated heterocycles. The van der Waals surface area contributed by atoms with Gasteiger partial charge in [0.1, 0.15) is 0 Å². The zero-order chi connectivity index (χ0) is 3.41. The fourth-order valence-corrected chi connectivity index (χ4v) is 0. The summed E-state index contributed by atoms with van der Waals surface area (Å²) in [5.41, 5.74) is 9.81. The van der Waals surface area contributed by atoms with Gasteiger partial charge in [0.05, 0.1) is 0 Å². The van der Waals surface area contributed by atoms with Crippen LogP contribution in [0.4, 0.5) is 0 Å². The van der Waals surface area contributed by atoms with Crippen molar-refractivity contribution in [1.82, 2.24) is 0 Å². The summed E-state index contributed by atoms with van der Waals surface area (Å²) in [7, 11) is 0. The lowest BCUT2D eigenvalue weighted by Crippen LogP contribution is -2.11. The van der Waals surface area contributed by atoms with Gasteiger partial charge >= 0.3 is 0 Å². The first kappa shape index (κ1) is 3.92. The van der Waals surface area contributed by atoms with Gasteiger partial charge in [-0.2, -0.15) is 0 Å². The van der Waals surface area contributed by atoms with Crippen molar-refractivity contribution < 1.29 is 0 Å². The van der Waals surface area contributed by atoms with Crippen molar-refractivity contribution in [3.8, 4) is 0 Å². The van der Waals surface area contributed by atoms with Crippen LogP contribution in [0.2, 0.25) is 0 Å². The van der Waals surface area contributed by atoms with E-state index in [0.717, 1.165) is 0 Å². The second-order valence-electron chi connectivity index (χ2n) is 0.577. The molecule has 0 fully saturated rings. The van der Waals surface area contributed by atoms with Crippen molar-refractivity contribution in [3.63, 3.8) is 0 Å². The zero-order valence-electron chi connectivity index (χ0n) is 2.57. The van der Waals surface area contributed by atoms with Gasteiger partial charge in [-0.3, -0.25) is 0 Å². The second kappa shape index (κ2) is 2.92. The predicted octanol–water partition coefficient (Wildman–Crippen LogP) is -1.10. The minimum atomic E-state index is 0.597. The lowest BCUT2D eigenvalue weighted by atomic mass is 10.8. The number of hydrogen-bond acceptors (Lipinski definition) is 2. The van der Waals surface area contributed by atoms with E-state index >= 15 is 0 Å². The lowest BCUT2D eigenvalue weighted by molar-refractivity contribution is 0.976. The Morgan fingerprint density at radius 2 is 1.25 bits per heavy atom. The van der Waals surface area contributed by atoms with Crippen LogP contribution >= 0.6 is 0 Å². The number of rotatable bonds is 1. The molecule has 0 unspecified atom stereocenters. The molecular weight excluding hydrogens is 54.0 g/mol. The van der Waals surface area contributed by atoms with Crippen LogP contribution in [0, 0.1) is 0 Å². The van der Waals surface area contributed by atoms with E-state index in [9.17, 15) is 0 Å². The third-order valence-electron chi connectivity index (χ3n) is 0.167. The number of hydrogen-bond donors (Lipinski definition) is 2. The van der Waals surface area contributed by atoms with E-state index in [1.165, 1.54) is 0 Å². The van der Waals surface area contributed by atoms with Gasteiger partial charge in [0.2, 0.25) is 0 Å². The Labute approximate surface area is 25.8 Å². The molecule has 26 valence electrons. The summed E-state index contributed by atoms with van der Waals surface area (Å²) < 4.78 is 0. The van der Waals surface area contributed by atoms with Crippen molar-refractivity contribution in [2.75, 3.05) is 13.1 Å². The van der Waals surface area contributed by atoms with Crippen LogP contribution in [0.1, 0.15) is 0 Å². The quantitative estimate of drug-likeness (QED) is 0.379. The van der Waals surface area contributed by atoms with Crippen molar-refractivity contribution in [2.45, 2.75) is 0 Å². The van der Waals surface area contributed by atoms with Crippen molar-refractivity contribution in [1.29, 1.82) is 0 Å². The van der Waals surface area contributed by atoms with Crippen LogP contribution in [0.3, 0.4) is 0 Å². The van der Waals surface area contributed by atoms with Crippen LogP contribution in [0.25, 0.3) is 0 Å². The topological polar surface area (TPSA) is 52.0 Å². The largest absolute Gasteiger partial charge is 0.329 e. The molecule has 0 aromatic rings. The lowest BCUT2D eigenvalue weighted by Gasteiger charge is -1.72. The summed E-state index contributed by atoms with van der Waals surface area (Å²) in [5, 5.41) is 0. The highest BCUT2D eigenvalue weighted by molar-refractivity contribution is 4.26. The third kappa shape index (κ3) is 1.92. The van der Waals surface area contributed by atoms with Gasteiger partial charge < -0.3 is 11.5 Å². The molecule has 0 aliphatic rings. The molecule has 0 bridgehead atoms. The second-order valence-corrected chi connectivity index (χ2v) is 0.577. The van der Waals surface area contributed by atoms with Gasteiger partial charge in [-0.05, 0) is 0 Å². The summed E-state index contributed by atoms with van der Waals surface area (Å²) in [6.07, 6.45) is 0. The summed E-state index contributed by atoms with van der Waals surface area (Å²) in [5.74, 6) is 0. The Bertz CT molecular complexity index is 6.00. The zero-order valence-corrected chi connectivity index (χ0v) is 2.57. The van der Waals surface area contributed by atoms with E-state index < -0.39 is 0 Å². The summed E-state index contributed by atoms with van der Waals surface area (Å²) >= 11 is 0. The van der Waals surface area contributed by atoms with Crippen LogP contribution in [-0.2, 0) is 0 Å². The van der Waals surface area contributed by atoms with Crippen LogP contribution in [-0.4, -0.2) is 13.1 Å². The summed E-state index contributed by atoms with van der Waals surface area (Å²) in [6, 6.07) is 0. The molecule has 2 nitrogen and oxygen atoms in total. The van der Waals surface area contributed by atoms with Gasteiger partial charge in [0.25, 0.3) is 0 Å². The maximum Gasteiger partial charge on any atom is 0.00461 e. The average Bonchev–Trinajstić information content (AvgIpc) is 1.37. The van der Waals surface area contributed by atoms with Crippen molar-refractivity contribution in [2.24, 2.45) is 11.5 Å². The SMILES string of the molecule is [15NH2]CC[15NH2]. The predicted molar refractivity (Wildman–Crippen MR) is 18.1 cm³/mol. The maximum absolute atomic E-state index is 4.90. The highest BCUT2D eigenvalue weighted by Gasteiger charge is 1.54. The van der Waals surface area contributed by atoms with E-state index in [-0.39, 0.29) is 0 Å². The van der Waals surface area contributed by atoms with Gasteiger partial charge in [-0.15, -0.1) is 0 Å². The molecule has 0 aromatic carbocycles. The van der Waals surface area contributed by atoms with Crippen LogP contribution in [0.5, 0.6) is 0 Å². The first-order chi connectivity index (χ1) is 1.91. The van der Waals surface area contributed by atoms with E-state index in [1.807, 2.05) is 0 Å². The van der Waals surface area contributed by atoms with Gasteiger partial charge in [0, 0.05) is 13.1 Å². The summed E-state index contributed by atoms with van der Waals surface area (Å²) in [4.78, 5) is 0. The third-order valence-corrected chi connectivity index (χ3v) is 0.167. The molecule has 2 heteroatoms. The average molecular weight is 62.1 g/mol. The fraction of sp³-hybridized carbons (Fsp3) is 1.00. The monoisotopic (exact) mass is 62.1 g/mol. The van der Waals surface area contributed by atoms with E-state index in [4.69, 9.17) is 11.5 Å². The highest BCUT2D eigenvalue weighted by Crippen LogP contribution is 1.24. The minimum Gasteiger partial charge on any atom is -0.329 e. The Hall–Kier alpha value is -0.0800.